The number of carbonyl (C=O) groups excluding carboxylic acids is 3. The van der Waals surface area contributed by atoms with Crippen molar-refractivity contribution >= 4 is 55.1 Å². The Morgan fingerprint density at radius 1 is 0.902 bits per heavy atom. The molecule has 0 unspecified atom stereocenters. The number of hydrogen-bond acceptors (Lipinski definition) is 10. The summed E-state index contributed by atoms with van der Waals surface area (Å²) in [6.07, 6.45) is 11.2. The van der Waals surface area contributed by atoms with Crippen LogP contribution < -0.4 is 4.90 Å². The van der Waals surface area contributed by atoms with Crippen molar-refractivity contribution in [3.05, 3.63) is 83.6 Å². The largest absolute Gasteiger partial charge is 0.744 e. The quantitative estimate of drug-likeness (QED) is 0.104. The van der Waals surface area contributed by atoms with Gasteiger partial charge in [-0.05, 0) is 68.7 Å². The Bertz CT molecular complexity index is 2130. The Kier molecular flexibility index (Phi) is 10.3. The summed E-state index contributed by atoms with van der Waals surface area (Å²) in [6, 6.07) is 8.89. The van der Waals surface area contributed by atoms with Crippen LogP contribution in [0.25, 0.3) is 0 Å². The number of benzene rings is 2. The molecule has 3 aliphatic heterocycles. The first-order chi connectivity index (χ1) is 23.7. The lowest BCUT2D eigenvalue weighted by Gasteiger charge is -2.27. The SMILES string of the molecule is C[N+]1=C(C=CC=CC=C2N(CCCCCC(=O)ON3C(=O)CCC3=O)c3ccc(S(=O)(=O)[O-])cc3C2(C)C)C(C)(C)c2cc(S(=O)(=O)O)ccc21. The number of hydroxylamine groups is 2. The van der Waals surface area contributed by atoms with Gasteiger partial charge >= 0.3 is 5.97 Å². The molecule has 1 fully saturated rings. The predicted molar refractivity (Wildman–Crippen MR) is 187 cm³/mol. The van der Waals surface area contributed by atoms with Crippen LogP contribution in [0.2, 0.25) is 0 Å². The van der Waals surface area contributed by atoms with Gasteiger partial charge in [0.2, 0.25) is 5.69 Å². The first-order valence-electron chi connectivity index (χ1n) is 16.5. The molecule has 51 heavy (non-hydrogen) atoms. The smallest absolute Gasteiger partial charge is 0.333 e. The number of carbonyl (C=O) groups is 3. The molecule has 0 spiro atoms. The lowest BCUT2D eigenvalue weighted by atomic mass is 9.81. The van der Waals surface area contributed by atoms with Crippen molar-refractivity contribution in [1.82, 2.24) is 5.06 Å². The van der Waals surface area contributed by atoms with E-state index in [-0.39, 0.29) is 29.1 Å². The molecule has 2 amide bonds. The fourth-order valence-corrected chi connectivity index (χ4v) is 7.91. The van der Waals surface area contributed by atoms with Crippen molar-refractivity contribution in [2.75, 3.05) is 18.5 Å². The Morgan fingerprint density at radius 2 is 1.55 bits per heavy atom. The summed E-state index contributed by atoms with van der Waals surface area (Å²) in [4.78, 5) is 42.2. The van der Waals surface area contributed by atoms with E-state index in [0.29, 0.717) is 36.4 Å². The zero-order valence-corrected chi connectivity index (χ0v) is 30.7. The van der Waals surface area contributed by atoms with E-state index in [1.807, 2.05) is 69.7 Å². The second-order valence-corrected chi connectivity index (χ2v) is 16.6. The molecule has 0 aliphatic carbocycles. The van der Waals surface area contributed by atoms with Crippen molar-refractivity contribution in [1.29, 1.82) is 0 Å². The predicted octanol–water partition coefficient (Wildman–Crippen LogP) is 4.81. The summed E-state index contributed by atoms with van der Waals surface area (Å²) in [6.45, 7) is 8.36. The van der Waals surface area contributed by atoms with E-state index in [9.17, 15) is 40.3 Å². The topological polar surface area (TPSA) is 181 Å². The fourth-order valence-electron chi connectivity index (χ4n) is 6.91. The Morgan fingerprint density at radius 3 is 2.20 bits per heavy atom. The molecule has 3 aliphatic rings. The maximum atomic E-state index is 12.2. The molecule has 15 heteroatoms. The first-order valence-corrected chi connectivity index (χ1v) is 19.3. The highest BCUT2D eigenvalue weighted by molar-refractivity contribution is 7.86. The van der Waals surface area contributed by atoms with E-state index in [1.54, 1.807) is 12.1 Å². The second kappa shape index (κ2) is 13.9. The number of amides is 2. The summed E-state index contributed by atoms with van der Waals surface area (Å²) in [7, 11) is -7.16. The molecule has 0 saturated carbocycles. The van der Waals surface area contributed by atoms with Gasteiger partial charge < -0.3 is 14.3 Å². The minimum Gasteiger partial charge on any atom is -0.744 e. The van der Waals surface area contributed by atoms with E-state index in [4.69, 9.17) is 4.84 Å². The molecule has 2 aromatic carbocycles. The van der Waals surface area contributed by atoms with Crippen molar-refractivity contribution in [2.45, 2.75) is 86.8 Å². The number of unbranched alkanes of at least 4 members (excludes halogenated alkanes) is 2. The molecule has 272 valence electrons. The number of rotatable bonds is 12. The number of hydrogen-bond donors (Lipinski definition) is 1. The van der Waals surface area contributed by atoms with Crippen molar-refractivity contribution in [3.8, 4) is 0 Å². The Balaban J connectivity index is 1.32. The third-order valence-electron chi connectivity index (χ3n) is 9.65. The van der Waals surface area contributed by atoms with E-state index in [2.05, 4.69) is 4.90 Å². The van der Waals surface area contributed by atoms with Crippen LogP contribution in [0.3, 0.4) is 0 Å². The molecule has 0 radical (unpaired) electrons. The van der Waals surface area contributed by atoms with Gasteiger partial charge in [-0.25, -0.2) is 13.2 Å². The molecule has 1 saturated heterocycles. The van der Waals surface area contributed by atoms with Crippen LogP contribution in [-0.4, -0.2) is 72.7 Å². The number of anilines is 1. The average Bonchev–Trinajstić information content (AvgIpc) is 3.54. The van der Waals surface area contributed by atoms with Crippen LogP contribution in [0.1, 0.15) is 77.3 Å². The molecule has 13 nitrogen and oxygen atoms in total. The summed E-state index contributed by atoms with van der Waals surface area (Å²) in [5.74, 6) is -1.72. The van der Waals surface area contributed by atoms with Gasteiger partial charge in [0, 0.05) is 60.3 Å². The standard InChI is InChI=1S/C36H41N3O10S2/c1-35(2)26-22-24(50(43,44)45)15-17-28(26)37(5)30(35)12-8-6-9-13-31-36(3,4)27-23-25(51(46,47)48)16-18-29(27)38(31)21-11-7-10-14-34(42)49-39-32(40)19-20-33(39)41/h6,8-9,12-13,15-18,22-23H,7,10-11,14,19-21H2,1-5H3,(H-,43,44,45,46,47,48). The van der Waals surface area contributed by atoms with Gasteiger partial charge in [-0.2, -0.15) is 13.0 Å². The lowest BCUT2D eigenvalue weighted by molar-refractivity contribution is -0.401. The van der Waals surface area contributed by atoms with E-state index in [1.165, 1.54) is 24.3 Å². The van der Waals surface area contributed by atoms with Gasteiger partial charge in [0.05, 0.1) is 15.2 Å². The monoisotopic (exact) mass is 739 g/mol. The van der Waals surface area contributed by atoms with E-state index >= 15 is 0 Å². The third-order valence-corrected chi connectivity index (χ3v) is 11.3. The summed E-state index contributed by atoms with van der Waals surface area (Å²) in [5, 5.41) is 0.536. The van der Waals surface area contributed by atoms with Gasteiger partial charge in [-0.1, -0.05) is 38.5 Å². The summed E-state index contributed by atoms with van der Waals surface area (Å²) < 4.78 is 70.7. The van der Waals surface area contributed by atoms with Gasteiger partial charge in [-0.3, -0.25) is 14.1 Å². The molecule has 5 rings (SSSR count). The third kappa shape index (κ3) is 7.61. The highest BCUT2D eigenvalue weighted by atomic mass is 32.2. The minimum atomic E-state index is -4.68. The average molecular weight is 740 g/mol. The normalized spacial score (nSPS) is 19.2. The highest BCUT2D eigenvalue weighted by Gasteiger charge is 2.44. The van der Waals surface area contributed by atoms with E-state index in [0.717, 1.165) is 28.3 Å². The zero-order chi connectivity index (χ0) is 37.5. The minimum absolute atomic E-state index is 0.0236. The van der Waals surface area contributed by atoms with Crippen LogP contribution in [0, 0.1) is 0 Å². The van der Waals surface area contributed by atoms with Crippen LogP contribution in [0.4, 0.5) is 11.4 Å². The molecule has 2 aromatic rings. The van der Waals surface area contributed by atoms with Crippen LogP contribution >= 0.6 is 0 Å². The van der Waals surface area contributed by atoms with Gasteiger partial charge in [-0.15, -0.1) is 5.06 Å². The molecule has 1 N–H and O–H groups in total. The second-order valence-electron chi connectivity index (χ2n) is 13.8. The van der Waals surface area contributed by atoms with Gasteiger partial charge in [0.15, 0.2) is 5.71 Å². The first kappa shape index (κ1) is 37.8. The summed E-state index contributed by atoms with van der Waals surface area (Å²) >= 11 is 0. The molecule has 0 atom stereocenters. The number of fused-ring (bicyclic) bond motifs is 2. The maximum Gasteiger partial charge on any atom is 0.333 e. The van der Waals surface area contributed by atoms with Gasteiger partial charge in [0.25, 0.3) is 21.9 Å². The van der Waals surface area contributed by atoms with E-state index < -0.39 is 48.8 Å². The molecular weight excluding hydrogens is 699 g/mol. The highest BCUT2D eigenvalue weighted by Crippen LogP contribution is 2.48. The van der Waals surface area contributed by atoms with Crippen molar-refractivity contribution < 1.29 is 49.7 Å². The van der Waals surface area contributed by atoms with Crippen molar-refractivity contribution in [2.24, 2.45) is 0 Å². The van der Waals surface area contributed by atoms with Crippen LogP contribution in [0.15, 0.2) is 82.3 Å². The molecule has 0 bridgehead atoms. The Hall–Kier alpha value is -4.44. The van der Waals surface area contributed by atoms with Crippen LogP contribution in [0.5, 0.6) is 0 Å². The Labute approximate surface area is 298 Å². The zero-order valence-electron chi connectivity index (χ0n) is 29.1. The molecular formula is C36H41N3O10S2. The number of allylic oxidation sites excluding steroid dienone is 6. The van der Waals surface area contributed by atoms with Crippen molar-refractivity contribution in [3.63, 3.8) is 0 Å². The fraction of sp³-hybridized carbons (Fsp3) is 0.389. The number of imide groups is 1. The van der Waals surface area contributed by atoms with Crippen LogP contribution in [-0.2, 0) is 50.3 Å². The molecule has 3 heterocycles. The lowest BCUT2D eigenvalue weighted by Crippen LogP contribution is -2.32. The molecule has 0 aromatic heterocycles. The number of nitrogens with zero attached hydrogens (tertiary/aromatic N) is 3. The van der Waals surface area contributed by atoms with Gasteiger partial charge in [0.1, 0.15) is 17.2 Å². The maximum absolute atomic E-state index is 12.2. The summed E-state index contributed by atoms with van der Waals surface area (Å²) in [5.41, 5.74) is 3.59.